The first-order valence-electron chi connectivity index (χ1n) is 6.79. The van der Waals surface area contributed by atoms with Gasteiger partial charge in [0.15, 0.2) is 0 Å². The summed E-state index contributed by atoms with van der Waals surface area (Å²) in [6, 6.07) is 15.9. The Bertz CT molecular complexity index is 743. The van der Waals surface area contributed by atoms with Crippen molar-refractivity contribution in [1.29, 1.82) is 0 Å². The second-order valence-corrected chi connectivity index (χ2v) is 5.72. The molecule has 0 atom stereocenters. The molecule has 96 valence electrons. The van der Waals surface area contributed by atoms with Gasteiger partial charge in [0.25, 0.3) is 0 Å². The van der Waals surface area contributed by atoms with E-state index in [0.717, 1.165) is 0 Å². The Hall–Kier alpha value is -1.35. The van der Waals surface area contributed by atoms with Crippen molar-refractivity contribution in [1.82, 2.24) is 0 Å². The van der Waals surface area contributed by atoms with E-state index < -0.39 is 0 Å². The van der Waals surface area contributed by atoms with Gasteiger partial charge in [-0.1, -0.05) is 53.4 Å². The SMILES string of the molecule is Cc1cc(C)cc(-c2cc(C)cc3[cH-]c(C)cc23)c1.[Li+]. The quantitative estimate of drug-likeness (QED) is 0.462. The molecular weight excluding hydrogens is 235 g/mol. The predicted octanol–water partition coefficient (Wildman–Crippen LogP) is 2.46. The summed E-state index contributed by atoms with van der Waals surface area (Å²) in [5.41, 5.74) is 8.01. The fourth-order valence-corrected chi connectivity index (χ4v) is 2.99. The van der Waals surface area contributed by atoms with E-state index in [-0.39, 0.29) is 18.9 Å². The average molecular weight is 254 g/mol. The van der Waals surface area contributed by atoms with Gasteiger partial charge in [-0.2, -0.15) is 6.07 Å². The summed E-state index contributed by atoms with van der Waals surface area (Å²) in [5.74, 6) is 0. The number of hydrogen-bond acceptors (Lipinski definition) is 0. The van der Waals surface area contributed by atoms with Crippen LogP contribution in [0.3, 0.4) is 0 Å². The van der Waals surface area contributed by atoms with Crippen molar-refractivity contribution in [2.45, 2.75) is 27.7 Å². The normalized spacial score (nSPS) is 10.6. The molecule has 0 aromatic heterocycles. The van der Waals surface area contributed by atoms with Gasteiger partial charge in [-0.05, 0) is 26.3 Å². The summed E-state index contributed by atoms with van der Waals surface area (Å²) in [5, 5.41) is 2.72. The molecule has 3 aromatic carbocycles. The van der Waals surface area contributed by atoms with E-state index in [4.69, 9.17) is 0 Å². The maximum absolute atomic E-state index is 2.30. The van der Waals surface area contributed by atoms with Crippen LogP contribution in [0.2, 0.25) is 0 Å². The molecule has 0 aliphatic carbocycles. The number of hydrogen-bond donors (Lipinski definition) is 0. The Labute approximate surface area is 133 Å². The summed E-state index contributed by atoms with van der Waals surface area (Å²) in [7, 11) is 0. The monoisotopic (exact) mass is 254 g/mol. The Morgan fingerprint density at radius 3 is 1.95 bits per heavy atom. The molecule has 3 aromatic rings. The van der Waals surface area contributed by atoms with Crippen LogP contribution in [0.5, 0.6) is 0 Å². The molecule has 0 aliphatic heterocycles. The maximum Gasteiger partial charge on any atom is 1.00 e. The van der Waals surface area contributed by atoms with Crippen LogP contribution in [-0.2, 0) is 0 Å². The zero-order valence-corrected chi connectivity index (χ0v) is 13.0. The number of benzene rings is 2. The van der Waals surface area contributed by atoms with Gasteiger partial charge in [0.1, 0.15) is 0 Å². The fraction of sp³-hybridized carbons (Fsp3) is 0.211. The largest absolute Gasteiger partial charge is 1.00 e. The van der Waals surface area contributed by atoms with E-state index >= 15 is 0 Å². The van der Waals surface area contributed by atoms with Crippen molar-refractivity contribution in [3.8, 4) is 11.1 Å². The zero-order chi connectivity index (χ0) is 13.6. The zero-order valence-electron chi connectivity index (χ0n) is 13.0. The van der Waals surface area contributed by atoms with E-state index in [0.29, 0.717) is 0 Å². The molecule has 0 nitrogen and oxygen atoms in total. The Morgan fingerprint density at radius 1 is 0.700 bits per heavy atom. The Balaban J connectivity index is 0.00000147. The van der Waals surface area contributed by atoms with Crippen LogP contribution in [0.25, 0.3) is 21.9 Å². The third-order valence-corrected chi connectivity index (χ3v) is 3.64. The van der Waals surface area contributed by atoms with Crippen LogP contribution in [0.1, 0.15) is 22.3 Å². The number of aryl methyl sites for hydroxylation is 4. The van der Waals surface area contributed by atoms with Gasteiger partial charge >= 0.3 is 18.9 Å². The van der Waals surface area contributed by atoms with Crippen molar-refractivity contribution >= 4 is 10.8 Å². The minimum atomic E-state index is 0. The third kappa shape index (κ3) is 2.73. The van der Waals surface area contributed by atoms with Crippen LogP contribution in [-0.4, -0.2) is 0 Å². The third-order valence-electron chi connectivity index (χ3n) is 3.64. The number of fused-ring (bicyclic) bond motifs is 1. The van der Waals surface area contributed by atoms with Crippen LogP contribution in [0.15, 0.2) is 42.5 Å². The molecule has 3 rings (SSSR count). The van der Waals surface area contributed by atoms with Crippen molar-refractivity contribution < 1.29 is 18.9 Å². The fourth-order valence-electron chi connectivity index (χ4n) is 2.99. The summed E-state index contributed by atoms with van der Waals surface area (Å²) in [6.45, 7) is 8.67. The van der Waals surface area contributed by atoms with Crippen LogP contribution >= 0.6 is 0 Å². The van der Waals surface area contributed by atoms with Gasteiger partial charge < -0.3 is 0 Å². The van der Waals surface area contributed by atoms with E-state index in [2.05, 4.69) is 70.2 Å². The van der Waals surface area contributed by atoms with E-state index in [1.807, 2.05) is 0 Å². The summed E-state index contributed by atoms with van der Waals surface area (Å²) < 4.78 is 0. The van der Waals surface area contributed by atoms with Gasteiger partial charge in [0, 0.05) is 0 Å². The molecule has 0 radical (unpaired) electrons. The molecule has 0 aliphatic rings. The first kappa shape index (κ1) is 15.0. The second-order valence-electron chi connectivity index (χ2n) is 5.72. The molecule has 0 spiro atoms. The Kier molecular flexibility index (Phi) is 4.19. The van der Waals surface area contributed by atoms with Gasteiger partial charge in [-0.25, -0.2) is 0 Å². The van der Waals surface area contributed by atoms with Crippen LogP contribution in [0.4, 0.5) is 0 Å². The number of rotatable bonds is 1. The average Bonchev–Trinajstić information content (AvgIpc) is 2.66. The standard InChI is InChI=1S/C19H19.Li/c1-12-5-13(2)7-16(6-12)18-10-14(3)8-17-9-15(4)11-19(17)18;/h5-11H,1-4H3;/q-1;+1. The second kappa shape index (κ2) is 5.56. The van der Waals surface area contributed by atoms with Gasteiger partial charge in [-0.3, -0.25) is 0 Å². The molecule has 0 N–H and O–H groups in total. The van der Waals surface area contributed by atoms with Crippen molar-refractivity contribution in [2.24, 2.45) is 0 Å². The Morgan fingerprint density at radius 2 is 1.30 bits per heavy atom. The predicted molar refractivity (Wildman–Crippen MR) is 83.9 cm³/mol. The molecule has 0 bridgehead atoms. The minimum Gasteiger partial charge on any atom is -0.165 e. The molecule has 0 saturated heterocycles. The minimum absolute atomic E-state index is 0. The van der Waals surface area contributed by atoms with Crippen molar-refractivity contribution in [2.75, 3.05) is 0 Å². The van der Waals surface area contributed by atoms with Gasteiger partial charge in [-0.15, -0.1) is 28.5 Å². The molecular formula is C19H19Li. The summed E-state index contributed by atoms with van der Waals surface area (Å²) in [6.07, 6.45) is 0. The first-order chi connectivity index (χ1) is 9.02. The van der Waals surface area contributed by atoms with Crippen LogP contribution in [0, 0.1) is 27.7 Å². The topological polar surface area (TPSA) is 0 Å². The van der Waals surface area contributed by atoms with E-state index in [9.17, 15) is 0 Å². The summed E-state index contributed by atoms with van der Waals surface area (Å²) >= 11 is 0. The smallest absolute Gasteiger partial charge is 0.165 e. The van der Waals surface area contributed by atoms with Gasteiger partial charge in [0.05, 0.1) is 0 Å². The molecule has 0 saturated carbocycles. The molecule has 0 unspecified atom stereocenters. The molecule has 1 heteroatoms. The van der Waals surface area contributed by atoms with Crippen molar-refractivity contribution in [3.05, 3.63) is 64.7 Å². The van der Waals surface area contributed by atoms with Crippen LogP contribution < -0.4 is 18.9 Å². The van der Waals surface area contributed by atoms with E-state index in [1.165, 1.54) is 44.2 Å². The molecule has 0 fully saturated rings. The first-order valence-corrected chi connectivity index (χ1v) is 6.79. The molecule has 0 amide bonds. The van der Waals surface area contributed by atoms with E-state index in [1.54, 1.807) is 0 Å². The van der Waals surface area contributed by atoms with Crippen molar-refractivity contribution in [3.63, 3.8) is 0 Å². The maximum atomic E-state index is 2.30. The molecule has 20 heavy (non-hydrogen) atoms. The summed E-state index contributed by atoms with van der Waals surface area (Å²) in [4.78, 5) is 0. The molecule has 0 heterocycles. The van der Waals surface area contributed by atoms with Gasteiger partial charge in [0.2, 0.25) is 0 Å².